The maximum atomic E-state index is 12.1. The number of carbonyl (C=O) groups is 1. The molecule has 1 aliphatic rings. The van der Waals surface area contributed by atoms with Crippen LogP contribution in [-0.4, -0.2) is 23.9 Å². The molecule has 7 nitrogen and oxygen atoms in total. The zero-order chi connectivity index (χ0) is 18.5. The third-order valence-corrected chi connectivity index (χ3v) is 3.84. The van der Waals surface area contributed by atoms with E-state index in [0.29, 0.717) is 17.2 Å². The summed E-state index contributed by atoms with van der Waals surface area (Å²) < 4.78 is 16.1. The fourth-order valence-electron chi connectivity index (χ4n) is 2.23. The molecule has 1 atom stereocenters. The molecular weight excluding hydrogens is 354 g/mol. The van der Waals surface area contributed by atoms with Crippen molar-refractivity contribution in [1.29, 1.82) is 0 Å². The first-order chi connectivity index (χ1) is 12.5. The van der Waals surface area contributed by atoms with E-state index >= 15 is 0 Å². The second-order valence-corrected chi connectivity index (χ2v) is 6.12. The zero-order valence-electron chi connectivity index (χ0n) is 14.4. The van der Waals surface area contributed by atoms with Crippen LogP contribution >= 0.6 is 12.2 Å². The van der Waals surface area contributed by atoms with E-state index in [1.807, 2.05) is 31.2 Å². The van der Waals surface area contributed by atoms with Crippen molar-refractivity contribution in [3.8, 4) is 17.2 Å². The number of amides is 1. The summed E-state index contributed by atoms with van der Waals surface area (Å²) in [6.45, 7) is 3.82. The van der Waals surface area contributed by atoms with Gasteiger partial charge in [-0.3, -0.25) is 15.6 Å². The molecule has 0 unspecified atom stereocenters. The molecule has 0 saturated carbocycles. The molecule has 3 rings (SSSR count). The Morgan fingerprint density at radius 1 is 1.12 bits per heavy atom. The van der Waals surface area contributed by atoms with Crippen LogP contribution in [0.15, 0.2) is 42.5 Å². The summed E-state index contributed by atoms with van der Waals surface area (Å²) in [6, 6.07) is 12.9. The molecule has 0 aliphatic carbocycles. The Morgan fingerprint density at radius 2 is 1.85 bits per heavy atom. The summed E-state index contributed by atoms with van der Waals surface area (Å²) in [5.41, 5.74) is 7.14. The molecule has 0 spiro atoms. The molecule has 1 aliphatic heterocycles. The number of aryl methyl sites for hydroxylation is 1. The molecule has 3 N–H and O–H groups in total. The van der Waals surface area contributed by atoms with Gasteiger partial charge < -0.3 is 19.5 Å². The van der Waals surface area contributed by atoms with Gasteiger partial charge in [0.1, 0.15) is 5.75 Å². The first-order valence-electron chi connectivity index (χ1n) is 8.01. The molecule has 8 heteroatoms. The Kier molecular flexibility index (Phi) is 5.43. The molecule has 0 aromatic heterocycles. The summed E-state index contributed by atoms with van der Waals surface area (Å²) in [6.07, 6.45) is -0.731. The van der Waals surface area contributed by atoms with E-state index in [1.165, 1.54) is 0 Å². The first-order valence-corrected chi connectivity index (χ1v) is 8.42. The van der Waals surface area contributed by atoms with E-state index in [2.05, 4.69) is 16.2 Å². The smallest absolute Gasteiger partial charge is 0.279 e. The average molecular weight is 373 g/mol. The highest BCUT2D eigenvalue weighted by molar-refractivity contribution is 7.80. The summed E-state index contributed by atoms with van der Waals surface area (Å²) in [4.78, 5) is 12.1. The lowest BCUT2D eigenvalue weighted by atomic mass is 10.2. The van der Waals surface area contributed by atoms with Crippen molar-refractivity contribution in [1.82, 2.24) is 10.9 Å². The molecule has 2 aromatic rings. The molecule has 0 saturated heterocycles. The van der Waals surface area contributed by atoms with E-state index in [9.17, 15) is 4.79 Å². The number of anilines is 1. The Bertz CT molecular complexity index is 811. The zero-order valence-corrected chi connectivity index (χ0v) is 15.2. The monoisotopic (exact) mass is 373 g/mol. The van der Waals surface area contributed by atoms with Crippen LogP contribution in [-0.2, 0) is 4.79 Å². The van der Waals surface area contributed by atoms with Gasteiger partial charge in [0, 0.05) is 11.8 Å². The minimum absolute atomic E-state index is 0.185. The van der Waals surface area contributed by atoms with Crippen molar-refractivity contribution in [2.75, 3.05) is 12.1 Å². The van der Waals surface area contributed by atoms with Gasteiger partial charge in [-0.15, -0.1) is 0 Å². The number of ether oxygens (including phenoxy) is 3. The van der Waals surface area contributed by atoms with Gasteiger partial charge in [-0.1, -0.05) is 17.7 Å². The van der Waals surface area contributed by atoms with Gasteiger partial charge in [-0.05, 0) is 50.3 Å². The van der Waals surface area contributed by atoms with E-state index in [4.69, 9.17) is 26.4 Å². The second kappa shape index (κ2) is 7.92. The molecule has 2 aromatic carbocycles. The lowest BCUT2D eigenvalue weighted by Gasteiger charge is -2.16. The fraction of sp³-hybridized carbons (Fsp3) is 0.222. The van der Waals surface area contributed by atoms with E-state index in [1.54, 1.807) is 25.1 Å². The number of nitrogens with one attached hydrogen (secondary N) is 3. The van der Waals surface area contributed by atoms with Crippen LogP contribution in [0.2, 0.25) is 0 Å². The van der Waals surface area contributed by atoms with Crippen LogP contribution in [0.25, 0.3) is 0 Å². The molecule has 136 valence electrons. The summed E-state index contributed by atoms with van der Waals surface area (Å²) >= 11 is 5.15. The third kappa shape index (κ3) is 4.54. The lowest BCUT2D eigenvalue weighted by molar-refractivity contribution is -0.127. The molecule has 26 heavy (non-hydrogen) atoms. The fourth-order valence-corrected chi connectivity index (χ4v) is 2.40. The summed E-state index contributed by atoms with van der Waals surface area (Å²) in [5.74, 6) is 1.40. The standard InChI is InChI=1S/C18H19N3O4S/c1-11-3-5-13(6-4-11)19-18(26)21-20-17(22)12(2)25-14-7-8-15-16(9-14)24-10-23-15/h3-9,12H,10H2,1-2H3,(H,20,22)(H2,19,21,26)/t12-/m0/s1. The minimum atomic E-state index is -0.731. The van der Waals surface area contributed by atoms with E-state index in [0.717, 1.165) is 11.3 Å². The Hall–Kier alpha value is -3.00. The van der Waals surface area contributed by atoms with Gasteiger partial charge >= 0.3 is 0 Å². The van der Waals surface area contributed by atoms with Crippen LogP contribution in [0.4, 0.5) is 5.69 Å². The van der Waals surface area contributed by atoms with Gasteiger partial charge in [0.25, 0.3) is 5.91 Å². The van der Waals surface area contributed by atoms with E-state index in [-0.39, 0.29) is 17.8 Å². The maximum absolute atomic E-state index is 12.1. The molecular formula is C18H19N3O4S. The molecule has 0 radical (unpaired) electrons. The number of thiocarbonyl (C=S) groups is 1. The van der Waals surface area contributed by atoms with Crippen molar-refractivity contribution in [3.63, 3.8) is 0 Å². The van der Waals surface area contributed by atoms with Gasteiger partial charge in [0.15, 0.2) is 22.7 Å². The summed E-state index contributed by atoms with van der Waals surface area (Å²) in [7, 11) is 0. The van der Waals surface area contributed by atoms with Crippen LogP contribution in [0.3, 0.4) is 0 Å². The maximum Gasteiger partial charge on any atom is 0.279 e. The number of hydrogen-bond donors (Lipinski definition) is 3. The van der Waals surface area contributed by atoms with E-state index < -0.39 is 6.10 Å². The second-order valence-electron chi connectivity index (χ2n) is 5.71. The largest absolute Gasteiger partial charge is 0.481 e. The Balaban J connectivity index is 1.46. The number of carbonyl (C=O) groups excluding carboxylic acids is 1. The van der Waals surface area contributed by atoms with Crippen LogP contribution in [0.1, 0.15) is 12.5 Å². The average Bonchev–Trinajstić information content (AvgIpc) is 3.09. The minimum Gasteiger partial charge on any atom is -0.481 e. The Labute approximate surface area is 156 Å². The molecule has 1 amide bonds. The van der Waals surface area contributed by atoms with Crippen LogP contribution < -0.4 is 30.4 Å². The number of hydrogen-bond acceptors (Lipinski definition) is 5. The SMILES string of the molecule is Cc1ccc(NC(=S)NNC(=O)[C@H](C)Oc2ccc3c(c2)OCO3)cc1. The molecule has 0 bridgehead atoms. The van der Waals surface area contributed by atoms with Crippen LogP contribution in [0, 0.1) is 6.92 Å². The van der Waals surface area contributed by atoms with Gasteiger partial charge in [0.2, 0.25) is 6.79 Å². The van der Waals surface area contributed by atoms with Crippen molar-refractivity contribution in [3.05, 3.63) is 48.0 Å². The normalized spacial score (nSPS) is 12.8. The van der Waals surface area contributed by atoms with Crippen LogP contribution in [0.5, 0.6) is 17.2 Å². The highest BCUT2D eigenvalue weighted by Gasteiger charge is 2.18. The number of hydrazine groups is 1. The predicted molar refractivity (Wildman–Crippen MR) is 101 cm³/mol. The molecule has 1 heterocycles. The highest BCUT2D eigenvalue weighted by Crippen LogP contribution is 2.35. The van der Waals surface area contributed by atoms with Gasteiger partial charge in [-0.25, -0.2) is 0 Å². The third-order valence-electron chi connectivity index (χ3n) is 3.63. The number of benzene rings is 2. The van der Waals surface area contributed by atoms with Crippen molar-refractivity contribution < 1.29 is 19.0 Å². The topological polar surface area (TPSA) is 80.9 Å². The Morgan fingerprint density at radius 3 is 2.62 bits per heavy atom. The first kappa shape index (κ1) is 17.8. The van der Waals surface area contributed by atoms with Gasteiger partial charge in [0.05, 0.1) is 0 Å². The highest BCUT2D eigenvalue weighted by atomic mass is 32.1. The van der Waals surface area contributed by atoms with Crippen molar-refractivity contribution >= 4 is 28.9 Å². The van der Waals surface area contributed by atoms with Crippen molar-refractivity contribution in [2.24, 2.45) is 0 Å². The molecule has 0 fully saturated rings. The number of fused-ring (bicyclic) bond motifs is 1. The van der Waals surface area contributed by atoms with Gasteiger partial charge in [-0.2, -0.15) is 0 Å². The predicted octanol–water partition coefficient (Wildman–Crippen LogP) is 2.51. The lowest BCUT2D eigenvalue weighted by Crippen LogP contribution is -2.48. The van der Waals surface area contributed by atoms with Crippen molar-refractivity contribution in [2.45, 2.75) is 20.0 Å². The number of rotatable bonds is 4. The quantitative estimate of drug-likeness (QED) is 0.561. The summed E-state index contributed by atoms with van der Waals surface area (Å²) in [5, 5.41) is 3.25.